The standard InChI is InChI=1S/C14H18N2O3S/c15-14(19)11-3-6-16(7-4-11)9-12-10(5-8-20-12)1-2-13(17)18/h1-2,5,8,11H,3-4,6-7,9H2,(H2,15,19)(H,17,18). The normalized spacial score (nSPS) is 17.6. The minimum Gasteiger partial charge on any atom is -0.478 e. The molecule has 0 atom stereocenters. The lowest BCUT2D eigenvalue weighted by molar-refractivity contribution is -0.131. The smallest absolute Gasteiger partial charge is 0.328 e. The maximum absolute atomic E-state index is 11.1. The van der Waals surface area contributed by atoms with Gasteiger partial charge >= 0.3 is 5.97 Å². The number of primary amides is 1. The van der Waals surface area contributed by atoms with Gasteiger partial charge in [0.1, 0.15) is 0 Å². The van der Waals surface area contributed by atoms with Gasteiger partial charge in [0.25, 0.3) is 0 Å². The van der Waals surface area contributed by atoms with Gasteiger partial charge < -0.3 is 10.8 Å². The van der Waals surface area contributed by atoms with Crippen molar-refractivity contribution >= 4 is 29.3 Å². The Morgan fingerprint density at radius 3 is 2.75 bits per heavy atom. The fourth-order valence-electron chi connectivity index (χ4n) is 2.37. The van der Waals surface area contributed by atoms with Gasteiger partial charge in [-0.1, -0.05) is 0 Å². The fourth-order valence-corrected chi connectivity index (χ4v) is 3.28. The molecule has 5 nitrogen and oxygen atoms in total. The number of hydrogen-bond acceptors (Lipinski definition) is 4. The highest BCUT2D eigenvalue weighted by atomic mass is 32.1. The van der Waals surface area contributed by atoms with Gasteiger partial charge in [-0.05, 0) is 49.0 Å². The molecule has 1 aromatic heterocycles. The summed E-state index contributed by atoms with van der Waals surface area (Å²) in [7, 11) is 0. The molecule has 2 heterocycles. The second-order valence-electron chi connectivity index (χ2n) is 4.92. The highest BCUT2D eigenvalue weighted by molar-refractivity contribution is 7.10. The Labute approximate surface area is 121 Å². The van der Waals surface area contributed by atoms with Gasteiger partial charge in [0, 0.05) is 23.4 Å². The number of hydrogen-bond donors (Lipinski definition) is 2. The van der Waals surface area contributed by atoms with Gasteiger partial charge in [-0.2, -0.15) is 0 Å². The van der Waals surface area contributed by atoms with E-state index in [4.69, 9.17) is 10.8 Å². The highest BCUT2D eigenvalue weighted by Gasteiger charge is 2.23. The SMILES string of the molecule is NC(=O)C1CCN(Cc2sccc2C=CC(=O)O)CC1. The molecule has 1 aromatic rings. The molecule has 1 amide bonds. The largest absolute Gasteiger partial charge is 0.478 e. The van der Waals surface area contributed by atoms with Crippen molar-refractivity contribution in [3.8, 4) is 0 Å². The summed E-state index contributed by atoms with van der Waals surface area (Å²) < 4.78 is 0. The van der Waals surface area contributed by atoms with Crippen LogP contribution >= 0.6 is 11.3 Å². The Morgan fingerprint density at radius 2 is 2.15 bits per heavy atom. The molecule has 20 heavy (non-hydrogen) atoms. The molecule has 0 aliphatic carbocycles. The van der Waals surface area contributed by atoms with Gasteiger partial charge in [0.05, 0.1) is 0 Å². The van der Waals surface area contributed by atoms with Gasteiger partial charge in [-0.25, -0.2) is 4.79 Å². The van der Waals surface area contributed by atoms with Crippen molar-refractivity contribution in [3.63, 3.8) is 0 Å². The first-order valence-electron chi connectivity index (χ1n) is 6.55. The molecule has 1 fully saturated rings. The fraction of sp³-hybridized carbons (Fsp3) is 0.429. The summed E-state index contributed by atoms with van der Waals surface area (Å²) in [4.78, 5) is 25.1. The van der Waals surface area contributed by atoms with E-state index in [1.165, 1.54) is 0 Å². The molecule has 0 saturated carbocycles. The van der Waals surface area contributed by atoms with Crippen LogP contribution in [-0.4, -0.2) is 35.0 Å². The number of thiophene rings is 1. The molecule has 0 bridgehead atoms. The zero-order chi connectivity index (χ0) is 14.5. The number of nitrogens with two attached hydrogens (primary N) is 1. The molecule has 0 radical (unpaired) electrons. The van der Waals surface area contributed by atoms with E-state index in [9.17, 15) is 9.59 Å². The number of carbonyl (C=O) groups excluding carboxylic acids is 1. The number of nitrogens with zero attached hydrogens (tertiary/aromatic N) is 1. The summed E-state index contributed by atoms with van der Waals surface area (Å²) in [6.07, 6.45) is 4.40. The molecule has 0 aromatic carbocycles. The van der Waals surface area contributed by atoms with Crippen molar-refractivity contribution in [2.24, 2.45) is 11.7 Å². The lowest BCUT2D eigenvalue weighted by Gasteiger charge is -2.30. The van der Waals surface area contributed by atoms with Crippen molar-refractivity contribution in [2.75, 3.05) is 13.1 Å². The van der Waals surface area contributed by atoms with Crippen LogP contribution in [0.1, 0.15) is 23.3 Å². The number of rotatable bonds is 5. The molecule has 108 valence electrons. The van der Waals surface area contributed by atoms with Crippen molar-refractivity contribution in [1.82, 2.24) is 4.90 Å². The quantitative estimate of drug-likeness (QED) is 0.807. The second-order valence-corrected chi connectivity index (χ2v) is 5.92. The Hall–Kier alpha value is -1.66. The molecule has 1 aliphatic rings. The number of carboxylic acid groups (broad SMARTS) is 1. The maximum Gasteiger partial charge on any atom is 0.328 e. The van der Waals surface area contributed by atoms with Gasteiger partial charge in [-0.3, -0.25) is 9.69 Å². The van der Waals surface area contributed by atoms with Crippen LogP contribution in [0.5, 0.6) is 0 Å². The first kappa shape index (κ1) is 14.7. The lowest BCUT2D eigenvalue weighted by atomic mass is 9.96. The third kappa shape index (κ3) is 3.91. The Morgan fingerprint density at radius 1 is 1.45 bits per heavy atom. The molecule has 2 rings (SSSR count). The van der Waals surface area contributed by atoms with E-state index in [0.29, 0.717) is 0 Å². The Balaban J connectivity index is 1.93. The molecule has 1 aliphatic heterocycles. The monoisotopic (exact) mass is 294 g/mol. The van der Waals surface area contributed by atoms with Gasteiger partial charge in [-0.15, -0.1) is 11.3 Å². The van der Waals surface area contributed by atoms with Crippen LogP contribution in [0.2, 0.25) is 0 Å². The zero-order valence-electron chi connectivity index (χ0n) is 11.1. The number of likely N-dealkylation sites (tertiary alicyclic amines) is 1. The third-order valence-electron chi connectivity index (χ3n) is 3.54. The summed E-state index contributed by atoms with van der Waals surface area (Å²) >= 11 is 1.62. The third-order valence-corrected chi connectivity index (χ3v) is 4.46. The summed E-state index contributed by atoms with van der Waals surface area (Å²) in [6, 6.07) is 1.93. The molecular formula is C14H18N2O3S. The van der Waals surface area contributed by atoms with Crippen LogP contribution in [-0.2, 0) is 16.1 Å². The van der Waals surface area contributed by atoms with E-state index in [1.807, 2.05) is 11.4 Å². The predicted octanol–water partition coefficient (Wildman–Crippen LogP) is 1.54. The zero-order valence-corrected chi connectivity index (χ0v) is 11.9. The van der Waals surface area contributed by atoms with Crippen molar-refractivity contribution in [1.29, 1.82) is 0 Å². The van der Waals surface area contributed by atoms with Gasteiger partial charge in [0.15, 0.2) is 0 Å². The van der Waals surface area contributed by atoms with Crippen LogP contribution < -0.4 is 5.73 Å². The van der Waals surface area contributed by atoms with E-state index in [0.717, 1.165) is 49.0 Å². The average Bonchev–Trinajstić information content (AvgIpc) is 2.84. The van der Waals surface area contributed by atoms with E-state index < -0.39 is 5.97 Å². The first-order valence-corrected chi connectivity index (χ1v) is 7.43. The Bertz CT molecular complexity index is 516. The van der Waals surface area contributed by atoms with Crippen LogP contribution in [0.15, 0.2) is 17.5 Å². The maximum atomic E-state index is 11.1. The molecule has 0 spiro atoms. The van der Waals surface area contributed by atoms with E-state index >= 15 is 0 Å². The predicted molar refractivity (Wildman–Crippen MR) is 78.2 cm³/mol. The van der Waals surface area contributed by atoms with Crippen LogP contribution in [0.4, 0.5) is 0 Å². The summed E-state index contributed by atoms with van der Waals surface area (Å²) in [5.41, 5.74) is 6.27. The molecule has 3 N–H and O–H groups in total. The van der Waals surface area contributed by atoms with Crippen molar-refractivity contribution in [3.05, 3.63) is 28.0 Å². The number of piperidine rings is 1. The van der Waals surface area contributed by atoms with Crippen molar-refractivity contribution < 1.29 is 14.7 Å². The van der Waals surface area contributed by atoms with Crippen molar-refractivity contribution in [2.45, 2.75) is 19.4 Å². The van der Waals surface area contributed by atoms with Crippen LogP contribution in [0.3, 0.4) is 0 Å². The van der Waals surface area contributed by atoms with E-state index in [2.05, 4.69) is 4.90 Å². The van der Waals surface area contributed by atoms with Crippen LogP contribution in [0, 0.1) is 5.92 Å². The van der Waals surface area contributed by atoms with Gasteiger partial charge in [0.2, 0.25) is 5.91 Å². The number of carbonyl (C=O) groups is 2. The highest BCUT2D eigenvalue weighted by Crippen LogP contribution is 2.24. The first-order chi connectivity index (χ1) is 9.56. The summed E-state index contributed by atoms with van der Waals surface area (Å²) in [6.45, 7) is 2.50. The van der Waals surface area contributed by atoms with Crippen LogP contribution in [0.25, 0.3) is 6.08 Å². The van der Waals surface area contributed by atoms with E-state index in [-0.39, 0.29) is 11.8 Å². The Kier molecular flexibility index (Phi) is 4.92. The molecule has 0 unspecified atom stereocenters. The molecule has 1 saturated heterocycles. The molecular weight excluding hydrogens is 276 g/mol. The summed E-state index contributed by atoms with van der Waals surface area (Å²) in [5.74, 6) is -1.14. The minimum absolute atomic E-state index is 0.000891. The number of aliphatic carboxylic acids is 1. The number of carboxylic acids is 1. The molecule has 6 heteroatoms. The minimum atomic E-state index is -0.940. The second kappa shape index (κ2) is 6.67. The number of amides is 1. The topological polar surface area (TPSA) is 83.6 Å². The lowest BCUT2D eigenvalue weighted by Crippen LogP contribution is -2.38. The van der Waals surface area contributed by atoms with E-state index in [1.54, 1.807) is 17.4 Å². The summed E-state index contributed by atoms with van der Waals surface area (Å²) in [5, 5.41) is 10.6. The average molecular weight is 294 g/mol.